The van der Waals surface area contributed by atoms with Gasteiger partial charge in [-0.2, -0.15) is 0 Å². The third-order valence-electron chi connectivity index (χ3n) is 4.85. The van der Waals surface area contributed by atoms with Crippen molar-refractivity contribution in [2.45, 2.75) is 0 Å². The van der Waals surface area contributed by atoms with Crippen molar-refractivity contribution in [3.8, 4) is 16.9 Å². The van der Waals surface area contributed by atoms with Crippen molar-refractivity contribution < 1.29 is 4.74 Å². The van der Waals surface area contributed by atoms with E-state index in [0.717, 1.165) is 56.1 Å². The molecule has 3 rings (SSSR count). The number of ether oxygens (including phenoxy) is 1. The Morgan fingerprint density at radius 2 is 1.67 bits per heavy atom. The first-order chi connectivity index (χ1) is 13.0. The highest BCUT2D eigenvalue weighted by Crippen LogP contribution is 2.40. The largest absolute Gasteiger partial charge is 0.495 e. The molecular weight excluding hydrogens is 405 g/mol. The van der Waals surface area contributed by atoms with E-state index in [9.17, 15) is 0 Å². The Morgan fingerprint density at radius 3 is 2.37 bits per heavy atom. The van der Waals surface area contributed by atoms with Crippen LogP contribution in [0, 0.1) is 0 Å². The molecule has 0 aromatic heterocycles. The maximum absolute atomic E-state index is 6.49. The zero-order valence-electron chi connectivity index (χ0n) is 15.6. The molecule has 0 bridgehead atoms. The molecule has 27 heavy (non-hydrogen) atoms. The molecule has 146 valence electrons. The number of hydrogen-bond acceptors (Lipinski definition) is 4. The van der Waals surface area contributed by atoms with Crippen LogP contribution in [0.25, 0.3) is 11.1 Å². The quantitative estimate of drug-likeness (QED) is 0.702. The van der Waals surface area contributed by atoms with Crippen LogP contribution in [0.4, 0.5) is 5.69 Å². The van der Waals surface area contributed by atoms with E-state index in [2.05, 4.69) is 22.2 Å². The Hall–Kier alpha value is -1.17. The molecule has 0 unspecified atom stereocenters. The second kappa shape index (κ2) is 9.35. The van der Waals surface area contributed by atoms with Crippen molar-refractivity contribution in [2.24, 2.45) is 0 Å². The first-order valence-electron chi connectivity index (χ1n) is 8.95. The maximum atomic E-state index is 6.49. The smallest absolute Gasteiger partial charge is 0.143 e. The minimum absolute atomic E-state index is 0.570. The molecule has 1 heterocycles. The van der Waals surface area contributed by atoms with Crippen LogP contribution < -0.4 is 10.1 Å². The SMILES string of the molecule is COc1cc(Cl)c(-c2cc(Cl)ccc2Cl)cc1NCCN1CCN(C)CC1. The normalized spacial score (nSPS) is 15.7. The summed E-state index contributed by atoms with van der Waals surface area (Å²) in [5, 5.41) is 5.27. The monoisotopic (exact) mass is 427 g/mol. The van der Waals surface area contributed by atoms with Crippen LogP contribution in [0.3, 0.4) is 0 Å². The number of anilines is 1. The molecule has 2 aromatic carbocycles. The zero-order valence-corrected chi connectivity index (χ0v) is 17.8. The van der Waals surface area contributed by atoms with Crippen molar-refractivity contribution in [2.75, 3.05) is 58.7 Å². The fourth-order valence-electron chi connectivity index (χ4n) is 3.19. The summed E-state index contributed by atoms with van der Waals surface area (Å²) in [5.41, 5.74) is 2.52. The molecule has 0 radical (unpaired) electrons. The lowest BCUT2D eigenvalue weighted by molar-refractivity contribution is 0.158. The van der Waals surface area contributed by atoms with E-state index in [-0.39, 0.29) is 0 Å². The fourth-order valence-corrected chi connectivity index (χ4v) is 3.84. The summed E-state index contributed by atoms with van der Waals surface area (Å²) in [5.74, 6) is 0.709. The van der Waals surface area contributed by atoms with E-state index in [0.29, 0.717) is 20.8 Å². The van der Waals surface area contributed by atoms with Gasteiger partial charge >= 0.3 is 0 Å². The van der Waals surface area contributed by atoms with Crippen LogP contribution >= 0.6 is 34.8 Å². The van der Waals surface area contributed by atoms with Crippen LogP contribution in [-0.2, 0) is 0 Å². The van der Waals surface area contributed by atoms with Gasteiger partial charge in [-0.15, -0.1) is 0 Å². The minimum atomic E-state index is 0.570. The van der Waals surface area contributed by atoms with Gasteiger partial charge in [0.2, 0.25) is 0 Å². The number of piperazine rings is 1. The van der Waals surface area contributed by atoms with E-state index in [1.165, 1.54) is 0 Å². The highest BCUT2D eigenvalue weighted by Gasteiger charge is 2.16. The van der Waals surface area contributed by atoms with Crippen molar-refractivity contribution in [1.29, 1.82) is 0 Å². The average Bonchev–Trinajstić information content (AvgIpc) is 2.66. The minimum Gasteiger partial charge on any atom is -0.495 e. The number of nitrogens with zero attached hydrogens (tertiary/aromatic N) is 2. The number of hydrogen-bond donors (Lipinski definition) is 1. The Bertz CT molecular complexity index is 792. The summed E-state index contributed by atoms with van der Waals surface area (Å²) in [7, 11) is 3.81. The molecular formula is C20H24Cl3N3O. The Balaban J connectivity index is 1.77. The van der Waals surface area contributed by atoms with Crippen molar-refractivity contribution >= 4 is 40.5 Å². The predicted molar refractivity (Wildman–Crippen MR) is 116 cm³/mol. The van der Waals surface area contributed by atoms with Crippen LogP contribution in [-0.4, -0.2) is 63.2 Å². The van der Waals surface area contributed by atoms with Gasteiger partial charge in [0.15, 0.2) is 0 Å². The molecule has 0 spiro atoms. The highest BCUT2D eigenvalue weighted by molar-refractivity contribution is 6.37. The van der Waals surface area contributed by atoms with Crippen molar-refractivity contribution in [1.82, 2.24) is 9.80 Å². The van der Waals surface area contributed by atoms with Gasteiger partial charge in [-0.3, -0.25) is 4.90 Å². The third kappa shape index (κ3) is 5.21. The van der Waals surface area contributed by atoms with Gasteiger partial charge < -0.3 is 15.0 Å². The van der Waals surface area contributed by atoms with Gasteiger partial charge in [-0.05, 0) is 31.3 Å². The summed E-state index contributed by atoms with van der Waals surface area (Å²) in [4.78, 5) is 4.82. The van der Waals surface area contributed by atoms with Gasteiger partial charge in [-0.1, -0.05) is 34.8 Å². The second-order valence-electron chi connectivity index (χ2n) is 6.73. The van der Waals surface area contributed by atoms with E-state index in [1.54, 1.807) is 19.2 Å². The average molecular weight is 429 g/mol. The Kier molecular flexibility index (Phi) is 7.12. The van der Waals surface area contributed by atoms with Crippen molar-refractivity contribution in [3.05, 3.63) is 45.4 Å². The summed E-state index contributed by atoms with van der Waals surface area (Å²) >= 11 is 19.0. The number of benzene rings is 2. The molecule has 1 N–H and O–H groups in total. The number of nitrogens with one attached hydrogen (secondary N) is 1. The Labute approximate surface area is 175 Å². The van der Waals surface area contributed by atoms with E-state index >= 15 is 0 Å². The number of methoxy groups -OCH3 is 1. The molecule has 0 atom stereocenters. The summed E-state index contributed by atoms with van der Waals surface area (Å²) in [6, 6.07) is 9.15. The number of rotatable bonds is 6. The molecule has 1 saturated heterocycles. The van der Waals surface area contributed by atoms with E-state index in [4.69, 9.17) is 39.5 Å². The molecule has 7 heteroatoms. The highest BCUT2D eigenvalue weighted by atomic mass is 35.5. The lowest BCUT2D eigenvalue weighted by Gasteiger charge is -2.32. The van der Waals surface area contributed by atoms with Gasteiger partial charge in [-0.25, -0.2) is 0 Å². The molecule has 1 fully saturated rings. The molecule has 1 aliphatic rings. The summed E-state index contributed by atoms with van der Waals surface area (Å²) in [6.07, 6.45) is 0. The molecule has 4 nitrogen and oxygen atoms in total. The lowest BCUT2D eigenvalue weighted by Crippen LogP contribution is -2.45. The van der Waals surface area contributed by atoms with E-state index in [1.807, 2.05) is 18.2 Å². The molecule has 0 saturated carbocycles. The van der Waals surface area contributed by atoms with Crippen LogP contribution in [0.2, 0.25) is 15.1 Å². The second-order valence-corrected chi connectivity index (χ2v) is 7.98. The van der Waals surface area contributed by atoms with Gasteiger partial charge in [0, 0.05) is 66.5 Å². The first-order valence-corrected chi connectivity index (χ1v) is 10.1. The summed E-state index contributed by atoms with van der Waals surface area (Å²) in [6.45, 7) is 6.22. The van der Waals surface area contributed by atoms with Crippen LogP contribution in [0.15, 0.2) is 30.3 Å². The molecule has 1 aliphatic heterocycles. The van der Waals surface area contributed by atoms with Gasteiger partial charge in [0.05, 0.1) is 17.8 Å². The number of halogens is 3. The topological polar surface area (TPSA) is 27.7 Å². The van der Waals surface area contributed by atoms with Gasteiger partial charge in [0.1, 0.15) is 5.75 Å². The molecule has 0 aliphatic carbocycles. The summed E-state index contributed by atoms with van der Waals surface area (Å²) < 4.78 is 5.50. The molecule has 0 amide bonds. The third-order valence-corrected chi connectivity index (χ3v) is 5.72. The van der Waals surface area contributed by atoms with Crippen LogP contribution in [0.1, 0.15) is 0 Å². The Morgan fingerprint density at radius 1 is 0.963 bits per heavy atom. The maximum Gasteiger partial charge on any atom is 0.143 e. The number of likely N-dealkylation sites (N-methyl/N-ethyl adjacent to an activating group) is 1. The predicted octanol–water partition coefficient (Wildman–Crippen LogP) is 4.98. The van der Waals surface area contributed by atoms with E-state index < -0.39 is 0 Å². The fraction of sp³-hybridized carbons (Fsp3) is 0.400. The zero-order chi connectivity index (χ0) is 19.4. The first kappa shape index (κ1) is 20.6. The van der Waals surface area contributed by atoms with Crippen LogP contribution in [0.5, 0.6) is 5.75 Å². The standard InChI is InChI=1S/C20H24Cl3N3O/c1-25-7-9-26(10-8-25)6-5-24-19-12-16(18(23)13-20(19)27-2)15-11-14(21)3-4-17(15)22/h3-4,11-13,24H,5-10H2,1-2H3. The lowest BCUT2D eigenvalue weighted by atomic mass is 10.0. The van der Waals surface area contributed by atoms with Crippen molar-refractivity contribution in [3.63, 3.8) is 0 Å². The van der Waals surface area contributed by atoms with Gasteiger partial charge in [0.25, 0.3) is 0 Å². The molecule has 2 aromatic rings.